The Labute approximate surface area is 252 Å². The Bertz CT molecular complexity index is 1320. The van der Waals surface area contributed by atoms with Crippen molar-refractivity contribution in [2.75, 3.05) is 19.8 Å². The topological polar surface area (TPSA) is 54.0 Å². The summed E-state index contributed by atoms with van der Waals surface area (Å²) in [5.41, 5.74) is 1.38. The maximum atomic E-state index is 15.1. The molecule has 1 aliphatic heterocycles. The lowest BCUT2D eigenvalue weighted by atomic mass is 9.98. The third kappa shape index (κ3) is 9.07. The Morgan fingerprint density at radius 1 is 0.767 bits per heavy atom. The van der Waals surface area contributed by atoms with E-state index < -0.39 is 29.5 Å². The van der Waals surface area contributed by atoms with Crippen molar-refractivity contribution >= 4 is 5.97 Å². The van der Waals surface area contributed by atoms with Crippen molar-refractivity contribution < 1.29 is 36.9 Å². The van der Waals surface area contributed by atoms with Crippen molar-refractivity contribution in [1.82, 2.24) is 0 Å². The highest BCUT2D eigenvalue weighted by molar-refractivity contribution is 5.90. The van der Waals surface area contributed by atoms with Crippen LogP contribution in [-0.4, -0.2) is 38.2 Å². The SMILES string of the molecule is CCCCCCCOc1ccc(-c2ccc(-c3ccc(C(=O)OC4COC(CCCCC)OC4)cc3F)cc2)c(F)c1F. The average Bonchev–Trinajstić information content (AvgIpc) is 3.02. The van der Waals surface area contributed by atoms with Crippen LogP contribution in [0.2, 0.25) is 0 Å². The van der Waals surface area contributed by atoms with Gasteiger partial charge in [0.25, 0.3) is 0 Å². The van der Waals surface area contributed by atoms with Crippen LogP contribution in [0.15, 0.2) is 54.6 Å². The standard InChI is InChI=1S/C35H41F3O5/c1-3-5-7-8-10-20-40-31-19-18-29(33(37)34(31)38)25-14-12-24(13-15-25)28-17-16-26(21-30(28)36)35(39)43-27-22-41-32(42-23-27)11-9-6-4-2/h12-19,21,27,32H,3-11,20,22-23H2,1-2H3. The molecule has 3 aromatic rings. The first-order valence-corrected chi connectivity index (χ1v) is 15.4. The molecule has 8 heteroatoms. The molecular formula is C35H41F3O5. The zero-order valence-corrected chi connectivity index (χ0v) is 25.0. The number of ether oxygens (including phenoxy) is 4. The molecule has 3 aromatic carbocycles. The molecule has 0 radical (unpaired) electrons. The molecule has 5 nitrogen and oxygen atoms in total. The first kappa shape index (κ1) is 32.6. The van der Waals surface area contributed by atoms with Crippen molar-refractivity contribution in [3.63, 3.8) is 0 Å². The van der Waals surface area contributed by atoms with E-state index in [-0.39, 0.29) is 41.9 Å². The minimum atomic E-state index is -1.03. The Hall–Kier alpha value is -3.36. The summed E-state index contributed by atoms with van der Waals surface area (Å²) in [6.07, 6.45) is 8.32. The van der Waals surface area contributed by atoms with E-state index in [9.17, 15) is 13.6 Å². The molecule has 0 amide bonds. The fraction of sp³-hybridized carbons (Fsp3) is 0.457. The van der Waals surface area contributed by atoms with Gasteiger partial charge in [-0.15, -0.1) is 0 Å². The second-order valence-electron chi connectivity index (χ2n) is 10.9. The summed E-state index contributed by atoms with van der Waals surface area (Å²) in [5.74, 6) is -3.40. The van der Waals surface area contributed by atoms with Gasteiger partial charge in [-0.3, -0.25) is 0 Å². The predicted molar refractivity (Wildman–Crippen MR) is 160 cm³/mol. The number of rotatable bonds is 15. The van der Waals surface area contributed by atoms with E-state index in [4.69, 9.17) is 18.9 Å². The van der Waals surface area contributed by atoms with Crippen LogP contribution in [0.1, 0.15) is 82.0 Å². The normalized spacial score (nSPS) is 16.7. The van der Waals surface area contributed by atoms with Crippen LogP contribution in [-0.2, 0) is 14.2 Å². The van der Waals surface area contributed by atoms with Crippen LogP contribution in [0.3, 0.4) is 0 Å². The van der Waals surface area contributed by atoms with Crippen LogP contribution in [0, 0.1) is 17.5 Å². The third-order valence-corrected chi connectivity index (χ3v) is 7.52. The lowest BCUT2D eigenvalue weighted by Gasteiger charge is -2.29. The molecule has 0 unspecified atom stereocenters. The number of hydrogen-bond acceptors (Lipinski definition) is 5. The van der Waals surface area contributed by atoms with Gasteiger partial charge in [-0.1, -0.05) is 82.7 Å². The summed E-state index contributed by atoms with van der Waals surface area (Å²) in [4.78, 5) is 12.6. The molecule has 43 heavy (non-hydrogen) atoms. The van der Waals surface area contributed by atoms with Gasteiger partial charge in [0, 0.05) is 11.1 Å². The smallest absolute Gasteiger partial charge is 0.338 e. The Morgan fingerprint density at radius 2 is 1.40 bits per heavy atom. The highest BCUT2D eigenvalue weighted by Gasteiger charge is 2.26. The second kappa shape index (κ2) is 16.5. The molecule has 0 atom stereocenters. The number of unbranched alkanes of at least 4 members (excludes halogenated alkanes) is 6. The van der Waals surface area contributed by atoms with Crippen molar-refractivity contribution in [3.05, 3.63) is 77.6 Å². The monoisotopic (exact) mass is 598 g/mol. The molecule has 0 aromatic heterocycles. The summed E-state index contributed by atoms with van der Waals surface area (Å²) in [6.45, 7) is 5.05. The predicted octanol–water partition coefficient (Wildman–Crippen LogP) is 9.27. The quantitative estimate of drug-likeness (QED) is 0.129. The van der Waals surface area contributed by atoms with Gasteiger partial charge in [0.05, 0.1) is 25.4 Å². The minimum absolute atomic E-state index is 0.0729. The molecule has 1 heterocycles. The minimum Gasteiger partial charge on any atom is -0.490 e. The van der Waals surface area contributed by atoms with Crippen molar-refractivity contribution in [2.24, 2.45) is 0 Å². The first-order valence-electron chi connectivity index (χ1n) is 15.4. The summed E-state index contributed by atoms with van der Waals surface area (Å²) in [6, 6.07) is 13.5. The highest BCUT2D eigenvalue weighted by Crippen LogP contribution is 2.32. The molecule has 1 aliphatic rings. The molecular weight excluding hydrogens is 557 g/mol. The zero-order chi connectivity index (χ0) is 30.6. The fourth-order valence-electron chi connectivity index (χ4n) is 5.00. The van der Waals surface area contributed by atoms with E-state index in [2.05, 4.69) is 13.8 Å². The molecule has 232 valence electrons. The molecule has 0 spiro atoms. The lowest BCUT2D eigenvalue weighted by Crippen LogP contribution is -2.38. The van der Waals surface area contributed by atoms with Gasteiger partial charge in [0.2, 0.25) is 5.82 Å². The zero-order valence-electron chi connectivity index (χ0n) is 25.0. The van der Waals surface area contributed by atoms with Crippen LogP contribution < -0.4 is 4.74 Å². The third-order valence-electron chi connectivity index (χ3n) is 7.52. The molecule has 0 bridgehead atoms. The van der Waals surface area contributed by atoms with Crippen molar-refractivity contribution in [2.45, 2.75) is 84.0 Å². The number of carbonyl (C=O) groups is 1. The van der Waals surface area contributed by atoms with Gasteiger partial charge < -0.3 is 18.9 Å². The largest absolute Gasteiger partial charge is 0.490 e. The van der Waals surface area contributed by atoms with Crippen molar-refractivity contribution in [3.8, 4) is 28.0 Å². The lowest BCUT2D eigenvalue weighted by molar-refractivity contribution is -0.218. The van der Waals surface area contributed by atoms with Gasteiger partial charge in [0.1, 0.15) is 11.9 Å². The highest BCUT2D eigenvalue weighted by atomic mass is 19.2. The molecule has 4 rings (SSSR count). The van der Waals surface area contributed by atoms with Gasteiger partial charge >= 0.3 is 5.97 Å². The van der Waals surface area contributed by atoms with E-state index in [1.807, 2.05) is 0 Å². The summed E-state index contributed by atoms with van der Waals surface area (Å²) in [5, 5.41) is 0. The van der Waals surface area contributed by atoms with Crippen LogP contribution in [0.25, 0.3) is 22.3 Å². The maximum absolute atomic E-state index is 15.1. The molecule has 0 aliphatic carbocycles. The number of esters is 1. The average molecular weight is 599 g/mol. The van der Waals surface area contributed by atoms with E-state index in [1.54, 1.807) is 24.3 Å². The molecule has 0 saturated carbocycles. The fourth-order valence-corrected chi connectivity index (χ4v) is 5.00. The summed E-state index contributed by atoms with van der Waals surface area (Å²) in [7, 11) is 0. The number of carbonyl (C=O) groups excluding carboxylic acids is 1. The van der Waals surface area contributed by atoms with Crippen LogP contribution in [0.5, 0.6) is 5.75 Å². The Morgan fingerprint density at radius 3 is 2.07 bits per heavy atom. The number of hydrogen-bond donors (Lipinski definition) is 0. The van der Waals surface area contributed by atoms with Crippen molar-refractivity contribution in [1.29, 1.82) is 0 Å². The van der Waals surface area contributed by atoms with Gasteiger partial charge in [-0.2, -0.15) is 4.39 Å². The maximum Gasteiger partial charge on any atom is 0.338 e. The van der Waals surface area contributed by atoms with Gasteiger partial charge in [-0.25, -0.2) is 13.6 Å². The molecule has 0 N–H and O–H groups in total. The van der Waals surface area contributed by atoms with E-state index in [1.165, 1.54) is 24.3 Å². The Balaban J connectivity index is 1.34. The van der Waals surface area contributed by atoms with Crippen LogP contribution in [0.4, 0.5) is 13.2 Å². The van der Waals surface area contributed by atoms with E-state index in [0.29, 0.717) is 17.7 Å². The van der Waals surface area contributed by atoms with Gasteiger partial charge in [-0.05, 0) is 54.7 Å². The summed E-state index contributed by atoms with van der Waals surface area (Å²) < 4.78 is 66.9. The molecule has 1 fully saturated rings. The Kier molecular flexibility index (Phi) is 12.5. The number of benzene rings is 3. The van der Waals surface area contributed by atoms with E-state index >= 15 is 4.39 Å². The van der Waals surface area contributed by atoms with Crippen LogP contribution >= 0.6 is 0 Å². The number of halogens is 3. The second-order valence-corrected chi connectivity index (χ2v) is 10.9. The van der Waals surface area contributed by atoms with Gasteiger partial charge in [0.15, 0.2) is 17.9 Å². The molecule has 1 saturated heterocycles. The van der Waals surface area contributed by atoms with E-state index in [0.717, 1.165) is 63.9 Å². The first-order chi connectivity index (χ1) is 20.9. The summed E-state index contributed by atoms with van der Waals surface area (Å²) >= 11 is 0.